The molecule has 1 amide bonds. The fourth-order valence-corrected chi connectivity index (χ4v) is 0.837. The first-order valence-electron chi connectivity index (χ1n) is 3.46. The van der Waals surface area contributed by atoms with E-state index in [0.717, 1.165) is 5.56 Å². The number of carboxylic acid groups (broad SMARTS) is 1. The van der Waals surface area contributed by atoms with Gasteiger partial charge in [0.1, 0.15) is 0 Å². The van der Waals surface area contributed by atoms with Gasteiger partial charge in [0.05, 0.1) is 6.21 Å². The molecule has 4 nitrogen and oxygen atoms in total. The highest BCUT2D eigenvalue weighted by Crippen LogP contribution is 2.07. The van der Waals surface area contributed by atoms with Gasteiger partial charge < -0.3 is 5.11 Å². The minimum atomic E-state index is -1.19. The topological polar surface area (TPSA) is 61.7 Å². The second-order valence-electron chi connectivity index (χ2n) is 2.23. The lowest BCUT2D eigenvalue weighted by atomic mass is 10.2. The van der Waals surface area contributed by atoms with Crippen molar-refractivity contribution in [1.82, 2.24) is 5.43 Å². The van der Waals surface area contributed by atoms with Crippen molar-refractivity contribution in [1.29, 1.82) is 0 Å². The normalized spacial score (nSPS) is 10.2. The Bertz CT molecular complexity index is 321. The van der Waals surface area contributed by atoms with Crippen molar-refractivity contribution in [3.05, 3.63) is 34.9 Å². The lowest BCUT2D eigenvalue weighted by Crippen LogP contribution is -2.13. The summed E-state index contributed by atoms with van der Waals surface area (Å²) in [5, 5.41) is 12.3. The van der Waals surface area contributed by atoms with Gasteiger partial charge in [-0.05, 0) is 17.7 Å². The molecule has 0 aliphatic carbocycles. The van der Waals surface area contributed by atoms with Gasteiger partial charge in [0.2, 0.25) is 0 Å². The third-order valence-corrected chi connectivity index (χ3v) is 1.50. The van der Waals surface area contributed by atoms with Gasteiger partial charge in [-0.2, -0.15) is 5.10 Å². The number of amides is 1. The molecule has 0 atom stereocenters. The molecule has 1 aromatic rings. The fourth-order valence-electron chi connectivity index (χ4n) is 0.711. The number of hydrogen-bond donors (Lipinski definition) is 2. The predicted octanol–water partition coefficient (Wildman–Crippen LogP) is 1.94. The number of rotatable bonds is 2. The van der Waals surface area contributed by atoms with Crippen LogP contribution in [0.15, 0.2) is 29.4 Å². The van der Waals surface area contributed by atoms with E-state index in [2.05, 4.69) is 5.10 Å². The van der Waals surface area contributed by atoms with E-state index in [1.807, 2.05) is 5.43 Å². The van der Waals surface area contributed by atoms with Crippen LogP contribution in [0.25, 0.3) is 0 Å². The molecule has 13 heavy (non-hydrogen) atoms. The molecular weight excluding hydrogens is 192 g/mol. The second kappa shape index (κ2) is 4.47. The summed E-state index contributed by atoms with van der Waals surface area (Å²) in [6.07, 6.45) is 0.204. The summed E-state index contributed by atoms with van der Waals surface area (Å²) in [7, 11) is 0. The van der Waals surface area contributed by atoms with Gasteiger partial charge in [-0.1, -0.05) is 23.7 Å². The van der Waals surface area contributed by atoms with Crippen molar-refractivity contribution in [3.63, 3.8) is 0 Å². The maximum Gasteiger partial charge on any atom is 0.425 e. The van der Waals surface area contributed by atoms with E-state index in [1.54, 1.807) is 24.3 Å². The van der Waals surface area contributed by atoms with E-state index in [-0.39, 0.29) is 0 Å². The van der Waals surface area contributed by atoms with Crippen LogP contribution < -0.4 is 5.43 Å². The summed E-state index contributed by atoms with van der Waals surface area (Å²) in [6, 6.07) is 6.86. The summed E-state index contributed by atoms with van der Waals surface area (Å²) in [5.74, 6) is 0. The molecule has 0 heterocycles. The van der Waals surface area contributed by atoms with E-state index in [1.165, 1.54) is 6.21 Å². The Balaban J connectivity index is 2.59. The zero-order chi connectivity index (χ0) is 9.68. The number of hydrazone groups is 1. The van der Waals surface area contributed by atoms with E-state index >= 15 is 0 Å². The van der Waals surface area contributed by atoms with E-state index in [4.69, 9.17) is 16.7 Å². The molecular formula is C8H7ClN2O2. The first kappa shape index (κ1) is 9.54. The predicted molar refractivity (Wildman–Crippen MR) is 50.2 cm³/mol. The van der Waals surface area contributed by atoms with Crippen molar-refractivity contribution < 1.29 is 9.90 Å². The van der Waals surface area contributed by atoms with Gasteiger partial charge in [0.15, 0.2) is 0 Å². The number of benzene rings is 1. The number of carbonyl (C=O) groups is 1. The van der Waals surface area contributed by atoms with Gasteiger partial charge in [0.25, 0.3) is 0 Å². The standard InChI is InChI=1S/C8H7ClN2O2/c9-7-3-1-6(2-4-7)5-10-11-8(12)13/h1-5,11H,(H,12,13)/b10-5-. The molecule has 0 bridgehead atoms. The molecule has 2 N–H and O–H groups in total. The molecule has 0 saturated carbocycles. The van der Waals surface area contributed by atoms with Gasteiger partial charge in [0, 0.05) is 5.02 Å². The monoisotopic (exact) mass is 198 g/mol. The van der Waals surface area contributed by atoms with Crippen LogP contribution in [-0.2, 0) is 0 Å². The van der Waals surface area contributed by atoms with Gasteiger partial charge in [-0.3, -0.25) is 0 Å². The van der Waals surface area contributed by atoms with E-state index < -0.39 is 6.09 Å². The summed E-state index contributed by atoms with van der Waals surface area (Å²) in [5.41, 5.74) is 2.64. The Morgan fingerprint density at radius 2 is 2.08 bits per heavy atom. The molecule has 0 saturated heterocycles. The van der Waals surface area contributed by atoms with Crippen LogP contribution in [0.2, 0.25) is 5.02 Å². The minimum absolute atomic E-state index is 0.628. The van der Waals surface area contributed by atoms with E-state index in [0.29, 0.717) is 5.02 Å². The molecule has 0 spiro atoms. The number of nitrogens with one attached hydrogen (secondary N) is 1. The molecule has 0 aromatic heterocycles. The third kappa shape index (κ3) is 3.57. The number of nitrogens with zero attached hydrogens (tertiary/aromatic N) is 1. The molecule has 0 aliphatic heterocycles. The maximum atomic E-state index is 10.00. The summed E-state index contributed by atoms with van der Waals surface area (Å²) in [4.78, 5) is 10.00. The smallest absolute Gasteiger partial charge is 0.425 e. The largest absolute Gasteiger partial charge is 0.464 e. The average molecular weight is 199 g/mol. The summed E-state index contributed by atoms with van der Waals surface area (Å²) >= 11 is 5.64. The number of hydrogen-bond acceptors (Lipinski definition) is 2. The van der Waals surface area contributed by atoms with Crippen molar-refractivity contribution in [2.24, 2.45) is 5.10 Å². The summed E-state index contributed by atoms with van der Waals surface area (Å²) in [6.45, 7) is 0. The highest BCUT2D eigenvalue weighted by atomic mass is 35.5. The highest BCUT2D eigenvalue weighted by Gasteiger charge is 1.89. The SMILES string of the molecule is O=C(O)N/N=C\c1ccc(Cl)cc1. The lowest BCUT2D eigenvalue weighted by molar-refractivity contribution is 0.195. The molecule has 1 aromatic carbocycles. The number of halogens is 1. The Hall–Kier alpha value is -1.55. The van der Waals surface area contributed by atoms with Crippen molar-refractivity contribution in [2.75, 3.05) is 0 Å². The molecule has 0 radical (unpaired) electrons. The molecule has 0 unspecified atom stereocenters. The first-order chi connectivity index (χ1) is 6.18. The van der Waals surface area contributed by atoms with Crippen molar-refractivity contribution in [2.45, 2.75) is 0 Å². The van der Waals surface area contributed by atoms with Crippen molar-refractivity contribution in [3.8, 4) is 0 Å². The van der Waals surface area contributed by atoms with Crippen molar-refractivity contribution >= 4 is 23.9 Å². The van der Waals surface area contributed by atoms with Crippen LogP contribution in [0.4, 0.5) is 4.79 Å². The zero-order valence-corrected chi connectivity index (χ0v) is 7.32. The van der Waals surface area contributed by atoms with Crippen LogP contribution in [0.5, 0.6) is 0 Å². The van der Waals surface area contributed by atoms with Gasteiger partial charge in [-0.25, -0.2) is 10.2 Å². The minimum Gasteiger partial charge on any atom is -0.464 e. The molecule has 5 heteroatoms. The first-order valence-corrected chi connectivity index (χ1v) is 3.84. The molecule has 0 fully saturated rings. The third-order valence-electron chi connectivity index (χ3n) is 1.24. The Morgan fingerprint density at radius 3 is 2.62 bits per heavy atom. The van der Waals surface area contributed by atoms with Gasteiger partial charge >= 0.3 is 6.09 Å². The molecule has 68 valence electrons. The lowest BCUT2D eigenvalue weighted by Gasteiger charge is -1.92. The van der Waals surface area contributed by atoms with Crippen LogP contribution in [-0.4, -0.2) is 17.4 Å². The maximum absolute atomic E-state index is 10.00. The second-order valence-corrected chi connectivity index (χ2v) is 2.66. The summed E-state index contributed by atoms with van der Waals surface area (Å²) < 4.78 is 0. The highest BCUT2D eigenvalue weighted by molar-refractivity contribution is 6.30. The fraction of sp³-hybridized carbons (Fsp3) is 0. The average Bonchev–Trinajstić information content (AvgIpc) is 2.08. The van der Waals surface area contributed by atoms with Crippen LogP contribution >= 0.6 is 11.6 Å². The van der Waals surface area contributed by atoms with E-state index in [9.17, 15) is 4.79 Å². The van der Waals surface area contributed by atoms with Crippen LogP contribution in [0.3, 0.4) is 0 Å². The molecule has 1 rings (SSSR count). The molecule has 0 aliphatic rings. The van der Waals surface area contributed by atoms with Crippen LogP contribution in [0.1, 0.15) is 5.56 Å². The zero-order valence-electron chi connectivity index (χ0n) is 6.57. The quantitative estimate of drug-likeness (QED) is 0.564. The Kier molecular flexibility index (Phi) is 3.28. The Morgan fingerprint density at radius 1 is 1.46 bits per heavy atom. The Labute approximate surface area is 79.8 Å². The van der Waals surface area contributed by atoms with Crippen LogP contribution in [0, 0.1) is 0 Å². The van der Waals surface area contributed by atoms with Gasteiger partial charge in [-0.15, -0.1) is 0 Å².